The van der Waals surface area contributed by atoms with Gasteiger partial charge in [-0.2, -0.15) is 0 Å². The van der Waals surface area contributed by atoms with Crippen LogP contribution in [-0.4, -0.2) is 82.9 Å². The van der Waals surface area contributed by atoms with Crippen molar-refractivity contribution in [1.82, 2.24) is 0 Å². The molecular weight excluding hydrogens is 576 g/mol. The summed E-state index contributed by atoms with van der Waals surface area (Å²) in [5.41, 5.74) is -2.59. The van der Waals surface area contributed by atoms with Gasteiger partial charge in [-0.15, -0.1) is 0 Å². The molecule has 2 bridgehead atoms. The van der Waals surface area contributed by atoms with Crippen LogP contribution in [0.2, 0.25) is 0 Å². The van der Waals surface area contributed by atoms with E-state index in [-0.39, 0.29) is 31.5 Å². The highest BCUT2D eigenvalue weighted by molar-refractivity contribution is 5.91. The summed E-state index contributed by atoms with van der Waals surface area (Å²) in [7, 11) is 0. The van der Waals surface area contributed by atoms with Crippen molar-refractivity contribution in [3.05, 3.63) is 24.2 Å². The number of carbonyl (C=O) groups excluding carboxylic acids is 4. The molecule has 14 unspecified atom stereocenters. The standard InChI is InChI=1S/C32H40O12/c1-13(2)28(38)43-29-30(5)19-9-18(35)24-25(31(19,12-40-29)20(36)10-21(30)41-14(3)33)26(37)27(42-15(4)34)23-17(16-6-7-39-11-16)8-22-32(23,24)44-22/h6-7,11,13,17-25,27,29,35-36H,8-10,12H2,1-5H3. The number of carbonyl (C=O) groups is 4. The van der Waals surface area contributed by atoms with Crippen LogP contribution in [0.25, 0.3) is 0 Å². The Morgan fingerprint density at radius 2 is 1.75 bits per heavy atom. The van der Waals surface area contributed by atoms with Crippen molar-refractivity contribution >= 4 is 23.7 Å². The molecule has 0 aromatic carbocycles. The van der Waals surface area contributed by atoms with Crippen LogP contribution in [-0.2, 0) is 42.9 Å². The smallest absolute Gasteiger partial charge is 0.310 e. The van der Waals surface area contributed by atoms with Gasteiger partial charge in [-0.05, 0) is 43.2 Å². The zero-order chi connectivity index (χ0) is 31.5. The van der Waals surface area contributed by atoms with Crippen molar-refractivity contribution in [2.75, 3.05) is 6.61 Å². The second kappa shape index (κ2) is 9.85. The number of hydrogen-bond donors (Lipinski definition) is 2. The van der Waals surface area contributed by atoms with E-state index < -0.39 is 100 Å². The fourth-order valence-corrected chi connectivity index (χ4v) is 10.2. The van der Waals surface area contributed by atoms with Gasteiger partial charge in [0.25, 0.3) is 0 Å². The van der Waals surface area contributed by atoms with Gasteiger partial charge in [0.1, 0.15) is 11.7 Å². The lowest BCUT2D eigenvalue weighted by molar-refractivity contribution is -0.363. The number of aliphatic hydroxyl groups is 2. The summed E-state index contributed by atoms with van der Waals surface area (Å²) in [6.07, 6.45) is -2.00. The number of Topliss-reactive ketones (excluding diaryl/α,β-unsaturated/α-hetero) is 1. The second-order valence-electron chi connectivity index (χ2n) is 14.2. The van der Waals surface area contributed by atoms with E-state index in [1.165, 1.54) is 13.8 Å². The summed E-state index contributed by atoms with van der Waals surface area (Å²) in [6.45, 7) is 7.52. The second-order valence-corrected chi connectivity index (χ2v) is 14.2. The molecule has 14 atom stereocenters. The molecule has 3 heterocycles. The van der Waals surface area contributed by atoms with E-state index in [0.29, 0.717) is 6.42 Å². The molecular formula is C32H40O12. The average Bonchev–Trinajstić information content (AvgIpc) is 3.27. The third-order valence-electron chi connectivity index (χ3n) is 11.9. The highest BCUT2D eigenvalue weighted by Gasteiger charge is 2.85. The maximum atomic E-state index is 14.9. The number of aliphatic hydroxyl groups excluding tert-OH is 2. The van der Waals surface area contributed by atoms with Gasteiger partial charge >= 0.3 is 17.9 Å². The fraction of sp³-hybridized carbons (Fsp3) is 0.750. The van der Waals surface area contributed by atoms with Crippen LogP contribution in [0.3, 0.4) is 0 Å². The molecule has 2 N–H and O–H groups in total. The van der Waals surface area contributed by atoms with E-state index in [9.17, 15) is 29.4 Å². The number of fused-ring (bicyclic) bond motifs is 1. The molecule has 1 aromatic heterocycles. The number of hydrogen-bond acceptors (Lipinski definition) is 12. The predicted molar refractivity (Wildman–Crippen MR) is 146 cm³/mol. The van der Waals surface area contributed by atoms with E-state index in [0.717, 1.165) is 5.56 Å². The molecule has 1 spiro atoms. The number of ketones is 1. The van der Waals surface area contributed by atoms with Gasteiger partial charge < -0.3 is 38.3 Å². The SMILES string of the molecule is CC(=O)OC1C(=O)C2C(C(O)CC3C4(C)C(OC(C)=O)CC(O)C23COC4OC(=O)C(C)C)C23OC2CC(c2ccoc2)C13. The van der Waals surface area contributed by atoms with Crippen LogP contribution >= 0.6 is 0 Å². The molecule has 0 radical (unpaired) electrons. The summed E-state index contributed by atoms with van der Waals surface area (Å²) < 4.78 is 35.5. The van der Waals surface area contributed by atoms with Crippen molar-refractivity contribution in [3.8, 4) is 0 Å². The Balaban J connectivity index is 1.36. The third kappa shape index (κ3) is 3.77. The summed E-state index contributed by atoms with van der Waals surface area (Å²) in [6, 6.07) is 1.83. The van der Waals surface area contributed by atoms with E-state index in [4.69, 9.17) is 28.1 Å². The number of furan rings is 1. The molecule has 12 nitrogen and oxygen atoms in total. The molecule has 6 fully saturated rings. The summed E-state index contributed by atoms with van der Waals surface area (Å²) in [5, 5.41) is 24.1. The monoisotopic (exact) mass is 616 g/mol. The van der Waals surface area contributed by atoms with Gasteiger partial charge in [-0.3, -0.25) is 19.2 Å². The molecule has 12 heteroatoms. The van der Waals surface area contributed by atoms with Crippen molar-refractivity contribution < 1.29 is 57.5 Å². The van der Waals surface area contributed by atoms with Crippen molar-refractivity contribution in [3.63, 3.8) is 0 Å². The van der Waals surface area contributed by atoms with E-state index in [1.807, 2.05) is 6.07 Å². The van der Waals surface area contributed by atoms with Crippen LogP contribution in [0.4, 0.5) is 0 Å². The van der Waals surface area contributed by atoms with Crippen LogP contribution < -0.4 is 0 Å². The lowest BCUT2D eigenvalue weighted by Crippen LogP contribution is -2.78. The first-order valence-electron chi connectivity index (χ1n) is 15.5. The van der Waals surface area contributed by atoms with Gasteiger partial charge in [0.05, 0.1) is 48.8 Å². The lowest BCUT2D eigenvalue weighted by atomic mass is 9.38. The number of rotatable bonds is 5. The number of esters is 3. The maximum Gasteiger partial charge on any atom is 0.310 e. The van der Waals surface area contributed by atoms with E-state index in [2.05, 4.69) is 0 Å². The molecule has 1 aromatic rings. The van der Waals surface area contributed by atoms with Crippen molar-refractivity contribution in [2.24, 2.45) is 40.4 Å². The van der Waals surface area contributed by atoms with Gasteiger partial charge in [-0.25, -0.2) is 0 Å². The number of ether oxygens (including phenoxy) is 5. The first-order chi connectivity index (χ1) is 20.8. The molecule has 240 valence electrons. The van der Waals surface area contributed by atoms with Crippen LogP contribution in [0.15, 0.2) is 23.0 Å². The Kier molecular flexibility index (Phi) is 6.69. The summed E-state index contributed by atoms with van der Waals surface area (Å²) >= 11 is 0. The zero-order valence-electron chi connectivity index (χ0n) is 25.5. The Morgan fingerprint density at radius 1 is 1.02 bits per heavy atom. The Bertz CT molecular complexity index is 1370. The van der Waals surface area contributed by atoms with Crippen molar-refractivity contribution in [1.29, 1.82) is 0 Å². The summed E-state index contributed by atoms with van der Waals surface area (Å²) in [4.78, 5) is 52.4. The Hall–Kier alpha value is -2.80. The van der Waals surface area contributed by atoms with Crippen LogP contribution in [0, 0.1) is 40.4 Å². The van der Waals surface area contributed by atoms with E-state index >= 15 is 0 Å². The first kappa shape index (κ1) is 29.9. The van der Waals surface area contributed by atoms with Gasteiger partial charge in [0, 0.05) is 43.4 Å². The van der Waals surface area contributed by atoms with E-state index in [1.54, 1.807) is 33.3 Å². The maximum absolute atomic E-state index is 14.9. The Morgan fingerprint density at radius 3 is 2.39 bits per heavy atom. The molecule has 4 saturated carbocycles. The van der Waals surface area contributed by atoms with Crippen LogP contribution in [0.5, 0.6) is 0 Å². The average molecular weight is 617 g/mol. The lowest BCUT2D eigenvalue weighted by Gasteiger charge is -2.69. The minimum Gasteiger partial charge on any atom is -0.472 e. The third-order valence-corrected chi connectivity index (χ3v) is 11.9. The number of epoxide rings is 1. The molecule has 2 saturated heterocycles. The molecule has 0 amide bonds. The normalized spacial score (nSPS) is 48.4. The van der Waals surface area contributed by atoms with Gasteiger partial charge in [0.2, 0.25) is 6.29 Å². The zero-order valence-corrected chi connectivity index (χ0v) is 25.5. The molecule has 44 heavy (non-hydrogen) atoms. The van der Waals surface area contributed by atoms with Crippen LogP contribution in [0.1, 0.15) is 65.4 Å². The highest BCUT2D eigenvalue weighted by Crippen LogP contribution is 2.75. The fourth-order valence-electron chi connectivity index (χ4n) is 10.2. The first-order valence-corrected chi connectivity index (χ1v) is 15.5. The molecule has 7 rings (SSSR count). The van der Waals surface area contributed by atoms with Gasteiger partial charge in [-0.1, -0.05) is 13.8 Å². The largest absolute Gasteiger partial charge is 0.472 e. The minimum atomic E-state index is -1.27. The Labute approximate surface area is 254 Å². The topological polar surface area (TPSA) is 171 Å². The summed E-state index contributed by atoms with van der Waals surface area (Å²) in [5.74, 6) is -5.75. The quantitative estimate of drug-likeness (QED) is 0.280. The minimum absolute atomic E-state index is 0.0329. The molecule has 4 aliphatic carbocycles. The van der Waals surface area contributed by atoms with Crippen molar-refractivity contribution in [2.45, 2.75) is 102 Å². The molecule has 2 aliphatic heterocycles. The predicted octanol–water partition coefficient (Wildman–Crippen LogP) is 1.89. The van der Waals surface area contributed by atoms with Gasteiger partial charge in [0.15, 0.2) is 11.9 Å². The highest BCUT2D eigenvalue weighted by atomic mass is 16.7. The molecule has 6 aliphatic rings.